The molecule has 1 aromatic carbocycles. The van der Waals surface area contributed by atoms with E-state index in [0.29, 0.717) is 48.7 Å². The zero-order valence-corrected chi connectivity index (χ0v) is 16.0. The van der Waals surface area contributed by atoms with Crippen molar-refractivity contribution in [3.63, 3.8) is 0 Å². The van der Waals surface area contributed by atoms with Gasteiger partial charge < -0.3 is 14.4 Å². The van der Waals surface area contributed by atoms with Gasteiger partial charge in [0.05, 0.1) is 43.3 Å². The van der Waals surface area contributed by atoms with Gasteiger partial charge in [-0.2, -0.15) is 4.98 Å². The van der Waals surface area contributed by atoms with Crippen molar-refractivity contribution in [3.8, 4) is 11.8 Å². The van der Waals surface area contributed by atoms with E-state index in [9.17, 15) is 9.59 Å². The van der Waals surface area contributed by atoms with Gasteiger partial charge >= 0.3 is 0 Å². The number of likely N-dealkylation sites (tertiary alicyclic amines) is 1. The van der Waals surface area contributed by atoms with E-state index in [4.69, 9.17) is 9.47 Å². The third kappa shape index (κ3) is 4.18. The largest absolute Gasteiger partial charge is 0.480 e. The quantitative estimate of drug-likeness (QED) is 0.620. The van der Waals surface area contributed by atoms with Crippen molar-refractivity contribution in [2.75, 3.05) is 20.2 Å². The van der Waals surface area contributed by atoms with Gasteiger partial charge in [0, 0.05) is 25.9 Å². The first-order valence-electron chi connectivity index (χ1n) is 9.38. The number of aromatic nitrogens is 4. The van der Waals surface area contributed by atoms with Crippen molar-refractivity contribution in [2.45, 2.75) is 25.5 Å². The molecule has 29 heavy (non-hydrogen) atoms. The fourth-order valence-electron chi connectivity index (χ4n) is 3.35. The summed E-state index contributed by atoms with van der Waals surface area (Å²) in [7, 11) is 1.51. The number of amides is 1. The van der Waals surface area contributed by atoms with Crippen molar-refractivity contribution >= 4 is 16.8 Å². The topological polar surface area (TPSA) is 99.4 Å². The smallest absolute Gasteiger partial charge is 0.261 e. The maximum atomic E-state index is 12.6. The van der Waals surface area contributed by atoms with Crippen molar-refractivity contribution < 1.29 is 14.3 Å². The number of hydrogen-bond acceptors (Lipinski definition) is 7. The molecule has 0 spiro atoms. The molecule has 1 aliphatic rings. The van der Waals surface area contributed by atoms with Crippen LogP contribution in [-0.4, -0.2) is 56.6 Å². The van der Waals surface area contributed by atoms with Gasteiger partial charge in [0.2, 0.25) is 17.7 Å². The maximum absolute atomic E-state index is 12.6. The number of para-hydroxylation sites is 1. The Morgan fingerprint density at radius 2 is 2.07 bits per heavy atom. The van der Waals surface area contributed by atoms with Crippen molar-refractivity contribution in [3.05, 3.63) is 53.3 Å². The average molecular weight is 395 g/mol. The Morgan fingerprint density at radius 1 is 1.24 bits per heavy atom. The lowest BCUT2D eigenvalue weighted by atomic mass is 10.2. The predicted octanol–water partition coefficient (Wildman–Crippen LogP) is 1.27. The maximum Gasteiger partial charge on any atom is 0.261 e. The van der Waals surface area contributed by atoms with Gasteiger partial charge in [-0.3, -0.25) is 19.1 Å². The highest BCUT2D eigenvalue weighted by atomic mass is 16.5. The summed E-state index contributed by atoms with van der Waals surface area (Å²) in [6.45, 7) is 1.37. The van der Waals surface area contributed by atoms with Crippen LogP contribution in [0.15, 0.2) is 47.8 Å². The van der Waals surface area contributed by atoms with Crippen LogP contribution >= 0.6 is 0 Å². The Balaban J connectivity index is 1.34. The summed E-state index contributed by atoms with van der Waals surface area (Å²) in [5.41, 5.74) is 0.517. The van der Waals surface area contributed by atoms with Crippen LogP contribution in [0.4, 0.5) is 0 Å². The number of hydrogen-bond donors (Lipinski definition) is 0. The summed E-state index contributed by atoms with van der Waals surface area (Å²) in [6, 6.07) is 7.18. The standard InChI is InChI=1S/C20H21N5O4/c1-28-17-10-21-11-18(23-17)29-14-6-8-24(12-14)19(26)7-9-25-13-22-16-5-3-2-4-15(16)20(25)27/h2-5,10-11,13-14H,6-9,12H2,1H3. The zero-order chi connectivity index (χ0) is 20.2. The number of nitrogens with zero attached hydrogens (tertiary/aromatic N) is 5. The third-order valence-electron chi connectivity index (χ3n) is 4.88. The molecule has 3 aromatic rings. The minimum atomic E-state index is -0.148. The molecule has 0 radical (unpaired) electrons. The minimum Gasteiger partial charge on any atom is -0.480 e. The molecule has 9 nitrogen and oxygen atoms in total. The number of methoxy groups -OCH3 is 1. The van der Waals surface area contributed by atoms with Crippen LogP contribution < -0.4 is 15.0 Å². The number of carbonyl (C=O) groups excluding carboxylic acids is 1. The second-order valence-corrected chi connectivity index (χ2v) is 6.78. The SMILES string of the molecule is COc1cncc(OC2CCN(C(=O)CCn3cnc4ccccc4c3=O)C2)n1. The molecule has 1 aliphatic heterocycles. The van der Waals surface area contributed by atoms with Crippen molar-refractivity contribution in [1.82, 2.24) is 24.4 Å². The lowest BCUT2D eigenvalue weighted by Gasteiger charge is -2.17. The number of ether oxygens (including phenoxy) is 2. The van der Waals surface area contributed by atoms with Crippen LogP contribution in [0, 0.1) is 0 Å². The summed E-state index contributed by atoms with van der Waals surface area (Å²) in [6.07, 6.45) is 5.31. The average Bonchev–Trinajstić information content (AvgIpc) is 3.22. The molecule has 2 aromatic heterocycles. The summed E-state index contributed by atoms with van der Waals surface area (Å²) in [4.78, 5) is 39.3. The minimum absolute atomic E-state index is 0.0205. The monoisotopic (exact) mass is 395 g/mol. The van der Waals surface area contributed by atoms with Crippen molar-refractivity contribution in [1.29, 1.82) is 0 Å². The van der Waals surface area contributed by atoms with Crippen LogP contribution in [-0.2, 0) is 11.3 Å². The number of fused-ring (bicyclic) bond motifs is 1. The van der Waals surface area contributed by atoms with E-state index >= 15 is 0 Å². The molecule has 3 heterocycles. The van der Waals surface area contributed by atoms with E-state index in [0.717, 1.165) is 0 Å². The van der Waals surface area contributed by atoms with Crippen molar-refractivity contribution in [2.24, 2.45) is 0 Å². The van der Waals surface area contributed by atoms with Gasteiger partial charge in [0.15, 0.2) is 0 Å². The van der Waals surface area contributed by atoms with E-state index in [-0.39, 0.29) is 24.0 Å². The summed E-state index contributed by atoms with van der Waals surface area (Å²) in [5, 5.41) is 0.552. The highest BCUT2D eigenvalue weighted by Gasteiger charge is 2.28. The zero-order valence-electron chi connectivity index (χ0n) is 16.0. The molecule has 0 saturated carbocycles. The fraction of sp³-hybridized carbons (Fsp3) is 0.350. The third-order valence-corrected chi connectivity index (χ3v) is 4.88. The highest BCUT2D eigenvalue weighted by Crippen LogP contribution is 2.18. The Labute approximate surface area is 166 Å². The fourth-order valence-corrected chi connectivity index (χ4v) is 3.35. The molecule has 1 fully saturated rings. The Bertz CT molecular complexity index is 1080. The van der Waals surface area contributed by atoms with Gasteiger partial charge in [0.1, 0.15) is 6.10 Å². The molecular formula is C20H21N5O4. The molecule has 1 atom stereocenters. The molecule has 4 rings (SSSR count). The molecular weight excluding hydrogens is 374 g/mol. The number of aryl methyl sites for hydroxylation is 1. The van der Waals surface area contributed by atoms with Crippen LogP contribution in [0.3, 0.4) is 0 Å². The molecule has 0 aliphatic carbocycles. The molecule has 150 valence electrons. The second-order valence-electron chi connectivity index (χ2n) is 6.78. The van der Waals surface area contributed by atoms with E-state index in [1.165, 1.54) is 30.4 Å². The first kappa shape index (κ1) is 18.9. The van der Waals surface area contributed by atoms with E-state index in [2.05, 4.69) is 15.0 Å². The second kappa shape index (κ2) is 8.26. The van der Waals surface area contributed by atoms with Gasteiger partial charge in [-0.25, -0.2) is 4.98 Å². The van der Waals surface area contributed by atoms with Gasteiger partial charge in [-0.05, 0) is 12.1 Å². The number of carbonyl (C=O) groups is 1. The van der Waals surface area contributed by atoms with E-state index < -0.39 is 0 Å². The first-order valence-corrected chi connectivity index (χ1v) is 9.38. The number of rotatable bonds is 6. The summed E-state index contributed by atoms with van der Waals surface area (Å²) in [5.74, 6) is 0.730. The van der Waals surface area contributed by atoms with Gasteiger partial charge in [0.25, 0.3) is 5.56 Å². The Morgan fingerprint density at radius 3 is 2.93 bits per heavy atom. The van der Waals surface area contributed by atoms with Crippen LogP contribution in [0.1, 0.15) is 12.8 Å². The van der Waals surface area contributed by atoms with Gasteiger partial charge in [-0.15, -0.1) is 0 Å². The Hall–Kier alpha value is -3.49. The molecule has 1 amide bonds. The van der Waals surface area contributed by atoms with E-state index in [1.807, 2.05) is 6.07 Å². The summed E-state index contributed by atoms with van der Waals surface area (Å²) >= 11 is 0. The first-order chi connectivity index (χ1) is 14.1. The van der Waals surface area contributed by atoms with Crippen LogP contribution in [0.25, 0.3) is 10.9 Å². The van der Waals surface area contributed by atoms with Crippen LogP contribution in [0.5, 0.6) is 11.8 Å². The van der Waals surface area contributed by atoms with Crippen LogP contribution in [0.2, 0.25) is 0 Å². The molecule has 9 heteroatoms. The molecule has 1 unspecified atom stereocenters. The normalized spacial score (nSPS) is 16.2. The Kier molecular flexibility index (Phi) is 5.37. The molecule has 1 saturated heterocycles. The highest BCUT2D eigenvalue weighted by molar-refractivity contribution is 5.77. The molecule has 0 bridgehead atoms. The number of benzene rings is 1. The lowest BCUT2D eigenvalue weighted by Crippen LogP contribution is -2.32. The molecule has 0 N–H and O–H groups in total. The van der Waals surface area contributed by atoms with Gasteiger partial charge in [-0.1, -0.05) is 12.1 Å². The summed E-state index contributed by atoms with van der Waals surface area (Å²) < 4.78 is 12.3. The van der Waals surface area contributed by atoms with E-state index in [1.54, 1.807) is 23.1 Å². The predicted molar refractivity (Wildman–Crippen MR) is 105 cm³/mol. The lowest BCUT2D eigenvalue weighted by molar-refractivity contribution is -0.130.